The largest absolute Gasteiger partial charge is 0.409 e. The molecule has 0 heterocycles. The highest BCUT2D eigenvalue weighted by Crippen LogP contribution is 2.43. The summed E-state index contributed by atoms with van der Waals surface area (Å²) >= 11 is 0. The van der Waals surface area contributed by atoms with Crippen LogP contribution in [0.3, 0.4) is 0 Å². The summed E-state index contributed by atoms with van der Waals surface area (Å²) in [7, 11) is -3.59. The van der Waals surface area contributed by atoms with Gasteiger partial charge < -0.3 is 20.4 Å². The zero-order chi connectivity index (χ0) is 10.5. The molecular formula is C6H15N2O4P. The second kappa shape index (κ2) is 5.21. The lowest BCUT2D eigenvalue weighted by atomic mass is 10.5. The number of hydrogen-bond acceptors (Lipinski definition) is 4. The Morgan fingerprint density at radius 3 is 2.62 bits per heavy atom. The van der Waals surface area contributed by atoms with Gasteiger partial charge in [-0.2, -0.15) is 0 Å². The Bertz CT molecular complexity index is 229. The summed E-state index contributed by atoms with van der Waals surface area (Å²) in [5.41, 5.74) is 5.12. The molecule has 0 aliphatic carbocycles. The fourth-order valence-electron chi connectivity index (χ4n) is 0.688. The molecule has 7 heteroatoms. The lowest BCUT2D eigenvalue weighted by Crippen LogP contribution is -2.14. The molecule has 1 atom stereocenters. The molecule has 0 aliphatic rings. The standard InChI is InChI=1S/C6H15N2O4P/c1-5(2)12-13(10,11)4-3-6(7)8-9/h5,9H,3-4H2,1-2H3,(H2,7,8)(H,10,11). The van der Waals surface area contributed by atoms with E-state index in [1.54, 1.807) is 13.8 Å². The van der Waals surface area contributed by atoms with E-state index in [2.05, 4.69) is 5.16 Å². The van der Waals surface area contributed by atoms with Crippen molar-refractivity contribution in [1.29, 1.82) is 0 Å². The molecule has 78 valence electrons. The molecule has 0 fully saturated rings. The maximum atomic E-state index is 11.2. The number of oxime groups is 1. The lowest BCUT2D eigenvalue weighted by molar-refractivity contribution is 0.205. The average Bonchev–Trinajstić information content (AvgIpc) is 1.98. The van der Waals surface area contributed by atoms with Crippen molar-refractivity contribution < 1.29 is 19.2 Å². The molecule has 0 aromatic heterocycles. The van der Waals surface area contributed by atoms with Crippen LogP contribution in [0.5, 0.6) is 0 Å². The van der Waals surface area contributed by atoms with Crippen molar-refractivity contribution in [2.75, 3.05) is 6.16 Å². The van der Waals surface area contributed by atoms with E-state index in [9.17, 15) is 9.46 Å². The van der Waals surface area contributed by atoms with Gasteiger partial charge >= 0.3 is 7.60 Å². The van der Waals surface area contributed by atoms with Crippen molar-refractivity contribution in [3.8, 4) is 0 Å². The Morgan fingerprint density at radius 1 is 1.69 bits per heavy atom. The lowest BCUT2D eigenvalue weighted by Gasteiger charge is -2.13. The summed E-state index contributed by atoms with van der Waals surface area (Å²) in [4.78, 5) is 9.17. The predicted octanol–water partition coefficient (Wildman–Crippen LogP) is 0.733. The van der Waals surface area contributed by atoms with Gasteiger partial charge in [-0.25, -0.2) is 0 Å². The second-order valence-electron chi connectivity index (χ2n) is 2.86. The summed E-state index contributed by atoms with van der Waals surface area (Å²) < 4.78 is 15.9. The summed E-state index contributed by atoms with van der Waals surface area (Å²) in [5, 5.41) is 10.8. The normalized spacial score (nSPS) is 17.4. The molecule has 0 radical (unpaired) electrons. The minimum Gasteiger partial charge on any atom is -0.409 e. The van der Waals surface area contributed by atoms with Gasteiger partial charge in [0.1, 0.15) is 5.84 Å². The van der Waals surface area contributed by atoms with E-state index in [0.717, 1.165) is 0 Å². The summed E-state index contributed by atoms with van der Waals surface area (Å²) in [6.45, 7) is 3.32. The van der Waals surface area contributed by atoms with Crippen LogP contribution in [0.1, 0.15) is 20.3 Å². The second-order valence-corrected chi connectivity index (χ2v) is 4.79. The van der Waals surface area contributed by atoms with Gasteiger partial charge in [-0.3, -0.25) is 4.57 Å². The molecule has 0 rings (SSSR count). The highest BCUT2D eigenvalue weighted by Gasteiger charge is 2.21. The molecule has 0 aliphatic heterocycles. The highest BCUT2D eigenvalue weighted by molar-refractivity contribution is 7.52. The summed E-state index contributed by atoms with van der Waals surface area (Å²) in [6, 6.07) is 0. The van der Waals surface area contributed by atoms with Crippen LogP contribution in [-0.2, 0) is 9.09 Å². The van der Waals surface area contributed by atoms with E-state index in [0.29, 0.717) is 0 Å². The third-order valence-electron chi connectivity index (χ3n) is 1.15. The van der Waals surface area contributed by atoms with Crippen molar-refractivity contribution in [2.24, 2.45) is 10.9 Å². The molecule has 4 N–H and O–H groups in total. The molecule has 0 amide bonds. The predicted molar refractivity (Wildman–Crippen MR) is 48.9 cm³/mol. The summed E-state index contributed by atoms with van der Waals surface area (Å²) in [5.74, 6) is -0.0818. The minimum absolute atomic E-state index is 0.0387. The van der Waals surface area contributed by atoms with Gasteiger partial charge in [-0.1, -0.05) is 5.16 Å². The van der Waals surface area contributed by atoms with Crippen molar-refractivity contribution in [3.05, 3.63) is 0 Å². The van der Waals surface area contributed by atoms with E-state index >= 15 is 0 Å². The van der Waals surface area contributed by atoms with Crippen LogP contribution in [0.25, 0.3) is 0 Å². The van der Waals surface area contributed by atoms with Gasteiger partial charge in [0.15, 0.2) is 0 Å². The van der Waals surface area contributed by atoms with Gasteiger partial charge in [0.05, 0.1) is 12.3 Å². The molecule has 0 saturated carbocycles. The SMILES string of the molecule is CC(C)OP(=O)(O)CCC(N)=NO. The molecule has 0 aromatic carbocycles. The third-order valence-corrected chi connectivity index (χ3v) is 2.69. The zero-order valence-electron chi connectivity index (χ0n) is 7.67. The minimum atomic E-state index is -3.59. The van der Waals surface area contributed by atoms with E-state index in [1.807, 2.05) is 0 Å². The van der Waals surface area contributed by atoms with Crippen LogP contribution >= 0.6 is 7.60 Å². The average molecular weight is 210 g/mol. The molecule has 0 aromatic rings. The first-order chi connectivity index (χ1) is 5.87. The maximum Gasteiger partial charge on any atom is 0.328 e. The van der Waals surface area contributed by atoms with Crippen LogP contribution < -0.4 is 5.73 Å². The van der Waals surface area contributed by atoms with Crippen molar-refractivity contribution >= 4 is 13.4 Å². The molecule has 0 bridgehead atoms. The van der Waals surface area contributed by atoms with Gasteiger partial charge in [0.25, 0.3) is 0 Å². The van der Waals surface area contributed by atoms with Crippen LogP contribution in [0.2, 0.25) is 0 Å². The number of nitrogens with two attached hydrogens (primary N) is 1. The first-order valence-electron chi connectivity index (χ1n) is 3.84. The quantitative estimate of drug-likeness (QED) is 0.204. The van der Waals surface area contributed by atoms with E-state index < -0.39 is 7.60 Å². The monoisotopic (exact) mass is 210 g/mol. The molecule has 13 heavy (non-hydrogen) atoms. The summed E-state index contributed by atoms with van der Waals surface area (Å²) in [6.07, 6.45) is -0.416. The Labute approximate surface area is 76.9 Å². The fourth-order valence-corrected chi connectivity index (χ4v) is 1.96. The first kappa shape index (κ1) is 12.4. The van der Waals surface area contributed by atoms with Crippen molar-refractivity contribution in [3.63, 3.8) is 0 Å². The molecule has 0 spiro atoms. The number of hydrogen-bond donors (Lipinski definition) is 3. The number of amidine groups is 1. The maximum absolute atomic E-state index is 11.2. The highest BCUT2D eigenvalue weighted by atomic mass is 31.2. The van der Waals surface area contributed by atoms with Crippen molar-refractivity contribution in [1.82, 2.24) is 0 Å². The first-order valence-corrected chi connectivity index (χ1v) is 5.60. The van der Waals surface area contributed by atoms with Crippen LogP contribution in [-0.4, -0.2) is 28.2 Å². The van der Waals surface area contributed by atoms with E-state index in [-0.39, 0.29) is 24.5 Å². The molecule has 6 nitrogen and oxygen atoms in total. The van der Waals surface area contributed by atoms with Gasteiger partial charge in [0, 0.05) is 6.42 Å². The van der Waals surface area contributed by atoms with Crippen LogP contribution in [0.4, 0.5) is 0 Å². The van der Waals surface area contributed by atoms with Gasteiger partial charge in [-0.05, 0) is 13.8 Å². The van der Waals surface area contributed by atoms with Gasteiger partial charge in [0.2, 0.25) is 0 Å². The van der Waals surface area contributed by atoms with Crippen LogP contribution in [0.15, 0.2) is 5.16 Å². The van der Waals surface area contributed by atoms with E-state index in [4.69, 9.17) is 15.5 Å². The van der Waals surface area contributed by atoms with E-state index in [1.165, 1.54) is 0 Å². The Morgan fingerprint density at radius 2 is 2.23 bits per heavy atom. The Balaban J connectivity index is 3.97. The molecule has 0 saturated heterocycles. The fraction of sp³-hybridized carbons (Fsp3) is 0.833. The number of nitrogens with zero attached hydrogens (tertiary/aromatic N) is 1. The Kier molecular flexibility index (Phi) is 4.98. The molecule has 1 unspecified atom stereocenters. The number of rotatable bonds is 5. The topological polar surface area (TPSA) is 105 Å². The Hall–Kier alpha value is -0.580. The molecular weight excluding hydrogens is 195 g/mol. The van der Waals surface area contributed by atoms with Gasteiger partial charge in [-0.15, -0.1) is 0 Å². The zero-order valence-corrected chi connectivity index (χ0v) is 8.57. The van der Waals surface area contributed by atoms with Crippen LogP contribution in [0, 0.1) is 0 Å². The smallest absolute Gasteiger partial charge is 0.328 e. The van der Waals surface area contributed by atoms with Crippen molar-refractivity contribution in [2.45, 2.75) is 26.4 Å². The third kappa shape index (κ3) is 6.57.